The van der Waals surface area contributed by atoms with Crippen molar-refractivity contribution in [1.29, 1.82) is 0 Å². The number of nitrogens with one attached hydrogen (secondary N) is 1. The smallest absolute Gasteiger partial charge is 0.361 e. The molecule has 0 aliphatic carbocycles. The molecule has 24 heavy (non-hydrogen) atoms. The van der Waals surface area contributed by atoms with Crippen molar-refractivity contribution >= 4 is 5.97 Å². The van der Waals surface area contributed by atoms with Crippen molar-refractivity contribution in [3.05, 3.63) is 35.5 Å². The predicted octanol–water partition coefficient (Wildman–Crippen LogP) is 3.75. The fourth-order valence-electron chi connectivity index (χ4n) is 2.45. The molecular formula is C18H25N3O3. The lowest BCUT2D eigenvalue weighted by molar-refractivity contribution is 0.0520. The molecule has 1 N–H and O–H groups in total. The van der Waals surface area contributed by atoms with E-state index in [9.17, 15) is 4.79 Å². The molecule has 0 spiro atoms. The van der Waals surface area contributed by atoms with Crippen LogP contribution in [-0.2, 0) is 16.1 Å². The Kier molecular flexibility index (Phi) is 7.42. The monoisotopic (exact) mass is 331 g/mol. The number of aromatic amines is 1. The molecule has 6 heteroatoms. The van der Waals surface area contributed by atoms with Gasteiger partial charge in [0.25, 0.3) is 0 Å². The summed E-state index contributed by atoms with van der Waals surface area (Å²) in [5.41, 5.74) is 2.51. The third kappa shape index (κ3) is 4.89. The van der Waals surface area contributed by atoms with E-state index in [2.05, 4.69) is 22.3 Å². The lowest BCUT2D eigenvalue weighted by Crippen LogP contribution is -2.07. The number of carbonyl (C=O) groups excluding carboxylic acids is 1. The van der Waals surface area contributed by atoms with Crippen LogP contribution >= 0.6 is 0 Å². The maximum absolute atomic E-state index is 12.0. The quantitative estimate of drug-likeness (QED) is 0.530. The van der Waals surface area contributed by atoms with Gasteiger partial charge < -0.3 is 9.47 Å². The first-order valence-electron chi connectivity index (χ1n) is 8.51. The summed E-state index contributed by atoms with van der Waals surface area (Å²) in [5.74, 6) is -0.475. The summed E-state index contributed by atoms with van der Waals surface area (Å²) in [6.07, 6.45) is 4.70. The van der Waals surface area contributed by atoms with E-state index in [1.54, 1.807) is 6.92 Å². The molecule has 1 aromatic heterocycles. The minimum atomic E-state index is -0.475. The summed E-state index contributed by atoms with van der Waals surface area (Å²) in [7, 11) is 0. The number of carbonyl (C=O) groups is 1. The zero-order chi connectivity index (χ0) is 17.2. The highest BCUT2D eigenvalue weighted by atomic mass is 16.5. The number of hydrogen-bond donors (Lipinski definition) is 1. The molecule has 0 radical (unpaired) electrons. The van der Waals surface area contributed by atoms with Gasteiger partial charge in [0, 0.05) is 12.2 Å². The van der Waals surface area contributed by atoms with Crippen molar-refractivity contribution in [3.8, 4) is 11.3 Å². The SMILES string of the molecule is CCCCCCOCc1ccccc1-c1n[nH]nc1C(=O)OCC. The van der Waals surface area contributed by atoms with Crippen molar-refractivity contribution in [2.75, 3.05) is 13.2 Å². The Labute approximate surface area is 142 Å². The normalized spacial score (nSPS) is 10.8. The Balaban J connectivity index is 2.06. The third-order valence-corrected chi connectivity index (χ3v) is 3.69. The molecule has 1 heterocycles. The van der Waals surface area contributed by atoms with Gasteiger partial charge in [0.05, 0.1) is 13.2 Å². The summed E-state index contributed by atoms with van der Waals surface area (Å²) in [6.45, 7) is 5.47. The van der Waals surface area contributed by atoms with Gasteiger partial charge in [0.15, 0.2) is 5.69 Å². The van der Waals surface area contributed by atoms with Gasteiger partial charge >= 0.3 is 5.97 Å². The minimum absolute atomic E-state index is 0.201. The number of hydrogen-bond acceptors (Lipinski definition) is 5. The van der Waals surface area contributed by atoms with Gasteiger partial charge in [-0.2, -0.15) is 10.3 Å². The second kappa shape index (κ2) is 9.82. The van der Waals surface area contributed by atoms with Gasteiger partial charge in [-0.1, -0.05) is 50.5 Å². The summed E-state index contributed by atoms with van der Waals surface area (Å²) < 4.78 is 10.8. The summed E-state index contributed by atoms with van der Waals surface area (Å²) in [5, 5.41) is 10.6. The van der Waals surface area contributed by atoms with Crippen LogP contribution in [0.5, 0.6) is 0 Å². The Morgan fingerprint density at radius 2 is 1.96 bits per heavy atom. The van der Waals surface area contributed by atoms with Crippen LogP contribution in [0.1, 0.15) is 55.6 Å². The van der Waals surface area contributed by atoms with E-state index in [0.717, 1.165) is 24.2 Å². The van der Waals surface area contributed by atoms with E-state index in [-0.39, 0.29) is 5.69 Å². The highest BCUT2D eigenvalue weighted by Crippen LogP contribution is 2.25. The molecule has 0 amide bonds. The van der Waals surface area contributed by atoms with Gasteiger partial charge in [-0.15, -0.1) is 5.10 Å². The highest BCUT2D eigenvalue weighted by molar-refractivity contribution is 5.94. The average Bonchev–Trinajstić information content (AvgIpc) is 3.08. The van der Waals surface area contributed by atoms with Gasteiger partial charge in [0.2, 0.25) is 0 Å². The van der Waals surface area contributed by atoms with Crippen LogP contribution in [0.4, 0.5) is 0 Å². The maximum Gasteiger partial charge on any atom is 0.361 e. The van der Waals surface area contributed by atoms with Crippen LogP contribution in [0.2, 0.25) is 0 Å². The number of H-pyrrole nitrogens is 1. The van der Waals surface area contributed by atoms with Crippen LogP contribution in [0.25, 0.3) is 11.3 Å². The van der Waals surface area contributed by atoms with Gasteiger partial charge in [-0.05, 0) is 18.9 Å². The van der Waals surface area contributed by atoms with Crippen LogP contribution in [-0.4, -0.2) is 34.6 Å². The van der Waals surface area contributed by atoms with E-state index in [0.29, 0.717) is 18.9 Å². The van der Waals surface area contributed by atoms with Crippen LogP contribution in [0.15, 0.2) is 24.3 Å². The lowest BCUT2D eigenvalue weighted by atomic mass is 10.0. The molecule has 6 nitrogen and oxygen atoms in total. The average molecular weight is 331 g/mol. The van der Waals surface area contributed by atoms with E-state index < -0.39 is 5.97 Å². The first-order valence-corrected chi connectivity index (χ1v) is 8.51. The van der Waals surface area contributed by atoms with Crippen molar-refractivity contribution in [2.45, 2.75) is 46.1 Å². The molecule has 1 aromatic carbocycles. The second-order valence-corrected chi connectivity index (χ2v) is 5.51. The second-order valence-electron chi connectivity index (χ2n) is 5.51. The molecule has 0 bridgehead atoms. The number of rotatable bonds is 10. The molecule has 0 aliphatic rings. The van der Waals surface area contributed by atoms with E-state index in [1.807, 2.05) is 24.3 Å². The van der Waals surface area contributed by atoms with Gasteiger partial charge in [-0.25, -0.2) is 4.79 Å². The molecule has 0 saturated carbocycles. The Morgan fingerprint density at radius 1 is 1.12 bits per heavy atom. The zero-order valence-corrected chi connectivity index (χ0v) is 14.4. The largest absolute Gasteiger partial charge is 0.461 e. The summed E-state index contributed by atoms with van der Waals surface area (Å²) in [4.78, 5) is 12.0. The van der Waals surface area contributed by atoms with E-state index in [4.69, 9.17) is 9.47 Å². The Bertz CT molecular complexity index is 640. The molecule has 130 valence electrons. The molecule has 2 aromatic rings. The van der Waals surface area contributed by atoms with Crippen molar-refractivity contribution < 1.29 is 14.3 Å². The third-order valence-electron chi connectivity index (χ3n) is 3.69. The summed E-state index contributed by atoms with van der Waals surface area (Å²) in [6, 6.07) is 7.74. The number of unbranched alkanes of at least 4 members (excludes halogenated alkanes) is 3. The van der Waals surface area contributed by atoms with Gasteiger partial charge in [-0.3, -0.25) is 0 Å². The Hall–Kier alpha value is -2.21. The van der Waals surface area contributed by atoms with Crippen LogP contribution in [0.3, 0.4) is 0 Å². The zero-order valence-electron chi connectivity index (χ0n) is 14.4. The maximum atomic E-state index is 12.0. The predicted molar refractivity (Wildman–Crippen MR) is 91.6 cm³/mol. The molecule has 0 unspecified atom stereocenters. The fourth-order valence-corrected chi connectivity index (χ4v) is 2.45. The molecule has 0 aliphatic heterocycles. The molecule has 0 fully saturated rings. The number of esters is 1. The minimum Gasteiger partial charge on any atom is -0.461 e. The lowest BCUT2D eigenvalue weighted by Gasteiger charge is -2.09. The number of ether oxygens (including phenoxy) is 2. The van der Waals surface area contributed by atoms with E-state index in [1.165, 1.54) is 19.3 Å². The summed E-state index contributed by atoms with van der Waals surface area (Å²) >= 11 is 0. The first kappa shape index (κ1) is 18.1. The number of nitrogens with zero attached hydrogens (tertiary/aromatic N) is 2. The van der Waals surface area contributed by atoms with Crippen molar-refractivity contribution in [2.24, 2.45) is 0 Å². The molecule has 0 atom stereocenters. The highest BCUT2D eigenvalue weighted by Gasteiger charge is 2.20. The van der Waals surface area contributed by atoms with E-state index >= 15 is 0 Å². The number of aromatic nitrogens is 3. The molecule has 2 rings (SSSR count). The Morgan fingerprint density at radius 3 is 2.75 bits per heavy atom. The van der Waals surface area contributed by atoms with Gasteiger partial charge in [0.1, 0.15) is 5.69 Å². The standard InChI is InChI=1S/C18H25N3O3/c1-3-5-6-9-12-23-13-14-10-7-8-11-15(14)16-17(20-21-19-16)18(22)24-4-2/h7-8,10-11H,3-6,9,12-13H2,1-2H3,(H,19,20,21). The van der Waals surface area contributed by atoms with Crippen LogP contribution in [0, 0.1) is 0 Å². The fraction of sp³-hybridized carbons (Fsp3) is 0.500. The van der Waals surface area contributed by atoms with Crippen molar-refractivity contribution in [1.82, 2.24) is 15.4 Å². The molecular weight excluding hydrogens is 306 g/mol. The topological polar surface area (TPSA) is 77.1 Å². The van der Waals surface area contributed by atoms with Crippen molar-refractivity contribution in [3.63, 3.8) is 0 Å². The molecule has 0 saturated heterocycles. The number of benzene rings is 1. The van der Waals surface area contributed by atoms with Crippen LogP contribution < -0.4 is 0 Å². The first-order chi connectivity index (χ1) is 11.8.